The molecule has 0 aromatic heterocycles. The molecule has 0 unspecified atom stereocenters. The van der Waals surface area contributed by atoms with Crippen molar-refractivity contribution in [3.63, 3.8) is 0 Å². The van der Waals surface area contributed by atoms with E-state index in [1.54, 1.807) is 30.3 Å². The van der Waals surface area contributed by atoms with E-state index in [1.807, 2.05) is 0 Å². The first-order chi connectivity index (χ1) is 17.0. The Morgan fingerprint density at radius 1 is 0.889 bits per heavy atom. The smallest absolute Gasteiger partial charge is 0.303 e. The molecule has 2 rings (SSSR count). The Morgan fingerprint density at radius 3 is 2.08 bits per heavy atom. The Balaban J connectivity index is 2.18. The van der Waals surface area contributed by atoms with Crippen LogP contribution >= 0.6 is 0 Å². The molecule has 0 saturated heterocycles. The number of phenols is 2. The summed E-state index contributed by atoms with van der Waals surface area (Å²) >= 11 is 0. The number of Topliss-reactive ketones (excluding diaryl/α,β-unsaturated/α-hetero) is 1. The Morgan fingerprint density at radius 2 is 1.50 bits per heavy atom. The summed E-state index contributed by atoms with van der Waals surface area (Å²) in [4.78, 5) is 24.9. The van der Waals surface area contributed by atoms with Crippen molar-refractivity contribution in [3.8, 4) is 23.0 Å². The van der Waals surface area contributed by atoms with Crippen molar-refractivity contribution in [1.29, 1.82) is 0 Å². The Kier molecular flexibility index (Phi) is 11.0. The number of carbonyl (C=O) groups is 2. The van der Waals surface area contributed by atoms with Gasteiger partial charge in [0.15, 0.2) is 23.0 Å². The highest BCUT2D eigenvalue weighted by Crippen LogP contribution is 2.34. The van der Waals surface area contributed by atoms with Crippen LogP contribution in [0, 0.1) is 5.92 Å². The molecule has 2 aromatic rings. The second-order valence-corrected chi connectivity index (χ2v) is 9.47. The van der Waals surface area contributed by atoms with Gasteiger partial charge >= 0.3 is 5.97 Å². The molecule has 0 spiro atoms. The molecule has 2 aromatic carbocycles. The molecule has 0 radical (unpaired) electrons. The van der Waals surface area contributed by atoms with Crippen LogP contribution in [0.5, 0.6) is 23.0 Å². The topological polar surface area (TPSA) is 123 Å². The van der Waals surface area contributed by atoms with Crippen LogP contribution in [-0.4, -0.2) is 53.5 Å². The van der Waals surface area contributed by atoms with Crippen LogP contribution < -0.4 is 9.47 Å². The minimum atomic E-state index is -1.13. The number of aliphatic hydroxyl groups excluding tert-OH is 1. The summed E-state index contributed by atoms with van der Waals surface area (Å²) in [5.74, 6) is 0.188. The third-order valence-electron chi connectivity index (χ3n) is 6.11. The van der Waals surface area contributed by atoms with E-state index in [9.17, 15) is 24.9 Å². The molecule has 36 heavy (non-hydrogen) atoms. The zero-order chi connectivity index (χ0) is 26.8. The lowest BCUT2D eigenvalue weighted by molar-refractivity contribution is -0.154. The minimum Gasteiger partial charge on any atom is -0.504 e. The van der Waals surface area contributed by atoms with Crippen LogP contribution in [0.2, 0.25) is 0 Å². The van der Waals surface area contributed by atoms with Gasteiger partial charge in [-0.1, -0.05) is 32.4 Å². The largest absolute Gasteiger partial charge is 0.504 e. The monoisotopic (exact) mass is 502 g/mol. The van der Waals surface area contributed by atoms with Gasteiger partial charge in [-0.15, -0.1) is 0 Å². The van der Waals surface area contributed by atoms with E-state index in [1.165, 1.54) is 27.2 Å². The van der Waals surface area contributed by atoms with Crippen LogP contribution in [0.15, 0.2) is 36.4 Å². The van der Waals surface area contributed by atoms with E-state index < -0.39 is 18.2 Å². The van der Waals surface area contributed by atoms with E-state index in [0.717, 1.165) is 18.4 Å². The van der Waals surface area contributed by atoms with E-state index in [-0.39, 0.29) is 48.2 Å². The fourth-order valence-corrected chi connectivity index (χ4v) is 4.14. The highest BCUT2D eigenvalue weighted by molar-refractivity contribution is 5.80. The van der Waals surface area contributed by atoms with Crippen molar-refractivity contribution >= 4 is 11.8 Å². The van der Waals surface area contributed by atoms with Gasteiger partial charge in [-0.2, -0.15) is 0 Å². The summed E-state index contributed by atoms with van der Waals surface area (Å²) in [6, 6.07) is 9.76. The quantitative estimate of drug-likeness (QED) is 0.322. The number of esters is 1. The number of rotatable bonds is 14. The minimum absolute atomic E-state index is 0.0269. The molecular weight excluding hydrogens is 464 g/mol. The van der Waals surface area contributed by atoms with Gasteiger partial charge in [-0.3, -0.25) is 9.59 Å². The van der Waals surface area contributed by atoms with Crippen molar-refractivity contribution in [3.05, 3.63) is 47.5 Å². The van der Waals surface area contributed by atoms with Gasteiger partial charge < -0.3 is 29.5 Å². The highest BCUT2D eigenvalue weighted by atomic mass is 16.6. The summed E-state index contributed by atoms with van der Waals surface area (Å²) in [6.07, 6.45) is -0.328. The van der Waals surface area contributed by atoms with Crippen molar-refractivity contribution in [2.75, 3.05) is 14.2 Å². The molecule has 0 aliphatic heterocycles. The number of aliphatic hydroxyl groups is 1. The first-order valence-corrected chi connectivity index (χ1v) is 12.1. The number of hydrogen-bond donors (Lipinski definition) is 3. The van der Waals surface area contributed by atoms with Crippen LogP contribution in [0.4, 0.5) is 0 Å². The lowest BCUT2D eigenvalue weighted by Gasteiger charge is -2.24. The molecule has 3 atom stereocenters. The van der Waals surface area contributed by atoms with Crippen molar-refractivity contribution in [1.82, 2.24) is 0 Å². The lowest BCUT2D eigenvalue weighted by atomic mass is 9.86. The molecule has 0 heterocycles. The van der Waals surface area contributed by atoms with E-state index in [2.05, 4.69) is 13.8 Å². The van der Waals surface area contributed by atoms with Gasteiger partial charge in [0.2, 0.25) is 0 Å². The van der Waals surface area contributed by atoms with Gasteiger partial charge in [0.05, 0.1) is 20.3 Å². The average molecular weight is 503 g/mol. The van der Waals surface area contributed by atoms with Gasteiger partial charge in [-0.25, -0.2) is 0 Å². The molecule has 0 amide bonds. The van der Waals surface area contributed by atoms with Gasteiger partial charge in [0.25, 0.3) is 0 Å². The summed E-state index contributed by atoms with van der Waals surface area (Å²) in [5, 5.41) is 30.6. The molecule has 3 N–H and O–H groups in total. The molecule has 0 aliphatic rings. The fraction of sp³-hybridized carbons (Fsp3) is 0.500. The first-order valence-electron chi connectivity index (χ1n) is 12.1. The highest BCUT2D eigenvalue weighted by Gasteiger charge is 2.28. The summed E-state index contributed by atoms with van der Waals surface area (Å²) < 4.78 is 15.7. The maximum Gasteiger partial charge on any atom is 0.303 e. The van der Waals surface area contributed by atoms with Gasteiger partial charge in [0, 0.05) is 26.2 Å². The van der Waals surface area contributed by atoms with E-state index >= 15 is 0 Å². The number of benzene rings is 2. The molecule has 0 aliphatic carbocycles. The molecule has 198 valence electrons. The van der Waals surface area contributed by atoms with Crippen molar-refractivity contribution < 1.29 is 39.1 Å². The maximum atomic E-state index is 13.2. The maximum absolute atomic E-state index is 13.2. The summed E-state index contributed by atoms with van der Waals surface area (Å²) in [7, 11) is 2.90. The SMILES string of the molecule is COc1cc(C[C@H](O)[C@H](CC(=O)C[C@H](CCC(C)C)c2ccc(O)c(OC)c2)OC(C)=O)ccc1O. The average Bonchev–Trinajstić information content (AvgIpc) is 2.82. The van der Waals surface area contributed by atoms with Crippen LogP contribution in [0.25, 0.3) is 0 Å². The molecule has 8 heteroatoms. The van der Waals surface area contributed by atoms with Crippen LogP contribution in [0.3, 0.4) is 0 Å². The summed E-state index contributed by atoms with van der Waals surface area (Å²) in [6.45, 7) is 5.46. The number of aromatic hydroxyl groups is 2. The summed E-state index contributed by atoms with van der Waals surface area (Å²) in [5.41, 5.74) is 1.53. The predicted molar refractivity (Wildman–Crippen MR) is 136 cm³/mol. The van der Waals surface area contributed by atoms with E-state index in [0.29, 0.717) is 17.2 Å². The third kappa shape index (κ3) is 8.75. The first kappa shape index (κ1) is 29.0. The lowest BCUT2D eigenvalue weighted by Crippen LogP contribution is -2.34. The number of ketones is 1. The number of ether oxygens (including phenoxy) is 3. The van der Waals surface area contributed by atoms with Crippen molar-refractivity contribution in [2.24, 2.45) is 5.92 Å². The van der Waals surface area contributed by atoms with Gasteiger partial charge in [-0.05, 0) is 53.6 Å². The Hall–Kier alpha value is -3.26. The second-order valence-electron chi connectivity index (χ2n) is 9.47. The van der Waals surface area contributed by atoms with Crippen LogP contribution in [-0.2, 0) is 20.7 Å². The molecule has 0 fully saturated rings. The Bertz CT molecular complexity index is 1020. The zero-order valence-electron chi connectivity index (χ0n) is 21.7. The van der Waals surface area contributed by atoms with Crippen LogP contribution in [0.1, 0.15) is 63.5 Å². The number of methoxy groups -OCH3 is 2. The molecule has 8 nitrogen and oxygen atoms in total. The molecule has 0 saturated carbocycles. The third-order valence-corrected chi connectivity index (χ3v) is 6.11. The van der Waals surface area contributed by atoms with Crippen molar-refractivity contribution in [2.45, 2.75) is 71.0 Å². The van der Waals surface area contributed by atoms with E-state index in [4.69, 9.17) is 14.2 Å². The number of phenolic OH excluding ortho intramolecular Hbond substituents is 2. The molecular formula is C28H38O8. The molecule has 0 bridgehead atoms. The zero-order valence-corrected chi connectivity index (χ0v) is 21.7. The number of hydrogen-bond acceptors (Lipinski definition) is 8. The Labute approximate surface area is 212 Å². The fourth-order valence-electron chi connectivity index (χ4n) is 4.14. The normalized spacial score (nSPS) is 13.6. The predicted octanol–water partition coefficient (Wildman–Crippen LogP) is 4.52. The standard InChI is InChI=1S/C28H38O8/c1-17(2)6-8-20(21-9-11-24(32)27(15-21)35-5)14-22(30)16-28(36-18(3)29)25(33)12-19-7-10-23(31)26(13-19)34-4/h7,9-11,13,15,17,20,25,28,31-33H,6,8,12,14,16H2,1-5H3/t20-,25-,28-/m0/s1. The number of carbonyl (C=O) groups excluding carboxylic acids is 2. The van der Waals surface area contributed by atoms with Gasteiger partial charge in [0.1, 0.15) is 11.9 Å². The second kappa shape index (κ2) is 13.7.